The second-order valence-electron chi connectivity index (χ2n) is 8.15. The third-order valence-corrected chi connectivity index (χ3v) is 5.66. The molecule has 9 nitrogen and oxygen atoms in total. The molecular formula is C21H27FN4O5. The second kappa shape index (κ2) is 9.09. The molecule has 1 N–H and O–H groups in total. The van der Waals surface area contributed by atoms with E-state index in [1.54, 1.807) is 12.1 Å². The molecule has 1 aromatic carbocycles. The first-order valence-corrected chi connectivity index (χ1v) is 10.6. The summed E-state index contributed by atoms with van der Waals surface area (Å²) in [6.07, 6.45) is 1.65. The van der Waals surface area contributed by atoms with E-state index in [0.29, 0.717) is 50.0 Å². The van der Waals surface area contributed by atoms with E-state index in [-0.39, 0.29) is 24.9 Å². The summed E-state index contributed by atoms with van der Waals surface area (Å²) >= 11 is 0. The van der Waals surface area contributed by atoms with Crippen LogP contribution in [0, 0.1) is 11.7 Å². The van der Waals surface area contributed by atoms with Gasteiger partial charge in [0.2, 0.25) is 11.8 Å². The van der Waals surface area contributed by atoms with Gasteiger partial charge in [0, 0.05) is 26.4 Å². The fraction of sp³-hybridized carbons (Fsp3) is 0.571. The molecule has 0 unspecified atom stereocenters. The van der Waals surface area contributed by atoms with Gasteiger partial charge < -0.3 is 15.0 Å². The SMILES string of the molecule is CC(=O)NC[C@H]1CN(c2ccc(N3CCON(C(=O)CC4CC4)CC3)c(F)c2)C(=O)O1. The van der Waals surface area contributed by atoms with Gasteiger partial charge in [0.25, 0.3) is 0 Å². The fourth-order valence-electron chi connectivity index (χ4n) is 3.77. The summed E-state index contributed by atoms with van der Waals surface area (Å²) in [7, 11) is 0. The normalized spacial score (nSPS) is 21.7. The third kappa shape index (κ3) is 5.25. The van der Waals surface area contributed by atoms with Crippen molar-refractivity contribution in [2.75, 3.05) is 49.1 Å². The molecule has 1 atom stereocenters. The van der Waals surface area contributed by atoms with Gasteiger partial charge in [-0.3, -0.25) is 19.3 Å². The van der Waals surface area contributed by atoms with Gasteiger partial charge in [-0.25, -0.2) is 14.2 Å². The largest absolute Gasteiger partial charge is 0.442 e. The molecule has 0 bridgehead atoms. The van der Waals surface area contributed by atoms with Crippen LogP contribution in [0.3, 0.4) is 0 Å². The molecule has 0 spiro atoms. The van der Waals surface area contributed by atoms with Crippen LogP contribution in [-0.4, -0.2) is 68.4 Å². The van der Waals surface area contributed by atoms with Crippen LogP contribution in [0.4, 0.5) is 20.6 Å². The van der Waals surface area contributed by atoms with E-state index in [4.69, 9.17) is 9.57 Å². The van der Waals surface area contributed by atoms with Crippen LogP contribution >= 0.6 is 0 Å². The molecule has 168 valence electrons. The molecule has 2 heterocycles. The van der Waals surface area contributed by atoms with Gasteiger partial charge in [-0.2, -0.15) is 0 Å². The van der Waals surface area contributed by atoms with Crippen molar-refractivity contribution in [1.29, 1.82) is 0 Å². The van der Waals surface area contributed by atoms with Gasteiger partial charge in [0.15, 0.2) is 0 Å². The lowest BCUT2D eigenvalue weighted by Gasteiger charge is -2.24. The van der Waals surface area contributed by atoms with E-state index in [9.17, 15) is 18.8 Å². The lowest BCUT2D eigenvalue weighted by Crippen LogP contribution is -2.34. The summed E-state index contributed by atoms with van der Waals surface area (Å²) < 4.78 is 20.2. The molecule has 2 aliphatic heterocycles. The van der Waals surface area contributed by atoms with E-state index in [0.717, 1.165) is 12.8 Å². The van der Waals surface area contributed by atoms with Crippen LogP contribution in [-0.2, 0) is 19.2 Å². The zero-order valence-corrected chi connectivity index (χ0v) is 17.5. The van der Waals surface area contributed by atoms with Crippen molar-refractivity contribution < 1.29 is 28.3 Å². The van der Waals surface area contributed by atoms with Crippen LogP contribution in [0.2, 0.25) is 0 Å². The monoisotopic (exact) mass is 434 g/mol. The van der Waals surface area contributed by atoms with Crippen molar-refractivity contribution >= 4 is 29.3 Å². The van der Waals surface area contributed by atoms with Crippen LogP contribution in [0.5, 0.6) is 0 Å². The number of carbonyl (C=O) groups excluding carboxylic acids is 3. The quantitative estimate of drug-likeness (QED) is 0.733. The summed E-state index contributed by atoms with van der Waals surface area (Å²) in [4.78, 5) is 44.3. The van der Waals surface area contributed by atoms with Crippen LogP contribution in [0.25, 0.3) is 0 Å². The minimum Gasteiger partial charge on any atom is -0.442 e. The van der Waals surface area contributed by atoms with Gasteiger partial charge in [0.1, 0.15) is 11.9 Å². The first-order chi connectivity index (χ1) is 14.9. The van der Waals surface area contributed by atoms with Crippen LogP contribution in [0.15, 0.2) is 18.2 Å². The molecule has 3 amide bonds. The maximum Gasteiger partial charge on any atom is 0.414 e. The van der Waals surface area contributed by atoms with E-state index < -0.39 is 18.0 Å². The Morgan fingerprint density at radius 1 is 1.23 bits per heavy atom. The molecule has 1 aliphatic carbocycles. The van der Waals surface area contributed by atoms with Crippen molar-refractivity contribution in [2.24, 2.45) is 5.92 Å². The Morgan fingerprint density at radius 2 is 2.03 bits per heavy atom. The molecule has 10 heteroatoms. The van der Waals surface area contributed by atoms with Crippen molar-refractivity contribution in [3.05, 3.63) is 24.0 Å². The van der Waals surface area contributed by atoms with Gasteiger partial charge in [0.05, 0.1) is 37.6 Å². The lowest BCUT2D eigenvalue weighted by molar-refractivity contribution is -0.182. The number of hydrogen-bond donors (Lipinski definition) is 1. The van der Waals surface area contributed by atoms with Gasteiger partial charge in [-0.15, -0.1) is 0 Å². The standard InChI is InChI=1S/C21H27FN4O5/c1-14(27)23-12-17-13-25(21(29)31-17)16-4-5-19(18(22)11-16)24-6-7-26(30-9-8-24)20(28)10-15-2-3-15/h4-5,11,15,17H,2-3,6-10,12-13H2,1H3,(H,23,27)/t17-/m0/s1. The average molecular weight is 434 g/mol. The summed E-state index contributed by atoms with van der Waals surface area (Å²) in [5.74, 6) is -0.204. The van der Waals surface area contributed by atoms with Crippen LogP contribution < -0.4 is 15.1 Å². The number of halogens is 1. The summed E-state index contributed by atoms with van der Waals surface area (Å²) in [5.41, 5.74) is 0.787. The minimum atomic E-state index is -0.574. The number of benzene rings is 1. The van der Waals surface area contributed by atoms with E-state index >= 15 is 0 Å². The molecule has 31 heavy (non-hydrogen) atoms. The first-order valence-electron chi connectivity index (χ1n) is 10.6. The Labute approximate surface area is 180 Å². The highest BCUT2D eigenvalue weighted by molar-refractivity contribution is 5.90. The van der Waals surface area contributed by atoms with E-state index in [2.05, 4.69) is 5.32 Å². The number of amides is 3. The number of hydroxylamine groups is 2. The van der Waals surface area contributed by atoms with Gasteiger partial charge >= 0.3 is 6.09 Å². The van der Waals surface area contributed by atoms with Gasteiger partial charge in [-0.1, -0.05) is 0 Å². The number of cyclic esters (lactones) is 1. The number of carbonyl (C=O) groups is 3. The lowest BCUT2D eigenvalue weighted by atomic mass is 10.2. The molecule has 0 radical (unpaired) electrons. The van der Waals surface area contributed by atoms with Crippen LogP contribution in [0.1, 0.15) is 26.2 Å². The number of ether oxygens (including phenoxy) is 1. The molecule has 3 fully saturated rings. The van der Waals surface area contributed by atoms with Crippen molar-refractivity contribution in [1.82, 2.24) is 10.4 Å². The van der Waals surface area contributed by atoms with Crippen molar-refractivity contribution in [2.45, 2.75) is 32.3 Å². The Balaban J connectivity index is 1.37. The summed E-state index contributed by atoms with van der Waals surface area (Å²) in [6, 6.07) is 4.60. The number of anilines is 2. The third-order valence-electron chi connectivity index (χ3n) is 5.66. The fourth-order valence-corrected chi connectivity index (χ4v) is 3.77. The van der Waals surface area contributed by atoms with Gasteiger partial charge in [-0.05, 0) is 37.0 Å². The molecule has 1 aromatic rings. The Bertz CT molecular complexity index is 862. The molecule has 4 rings (SSSR count). The van der Waals surface area contributed by atoms with E-state index in [1.165, 1.54) is 23.0 Å². The molecular weight excluding hydrogens is 407 g/mol. The Hall–Kier alpha value is -2.88. The summed E-state index contributed by atoms with van der Waals surface area (Å²) in [6.45, 7) is 3.40. The first kappa shape index (κ1) is 21.4. The smallest absolute Gasteiger partial charge is 0.414 e. The number of nitrogens with zero attached hydrogens (tertiary/aromatic N) is 3. The maximum absolute atomic E-state index is 14.9. The number of rotatable bonds is 6. The highest BCUT2D eigenvalue weighted by Crippen LogP contribution is 2.33. The maximum atomic E-state index is 14.9. The Morgan fingerprint density at radius 3 is 2.74 bits per heavy atom. The zero-order chi connectivity index (χ0) is 22.0. The molecule has 3 aliphatic rings. The molecule has 1 saturated carbocycles. The predicted molar refractivity (Wildman–Crippen MR) is 110 cm³/mol. The predicted octanol–water partition coefficient (Wildman–Crippen LogP) is 1.67. The highest BCUT2D eigenvalue weighted by atomic mass is 19.1. The second-order valence-corrected chi connectivity index (χ2v) is 8.15. The highest BCUT2D eigenvalue weighted by Gasteiger charge is 2.33. The average Bonchev–Trinajstić information content (AvgIpc) is 3.50. The molecule has 2 saturated heterocycles. The topological polar surface area (TPSA) is 91.4 Å². The van der Waals surface area contributed by atoms with Crippen molar-refractivity contribution in [3.63, 3.8) is 0 Å². The zero-order valence-electron chi connectivity index (χ0n) is 17.5. The minimum absolute atomic E-state index is 0.0125. The summed E-state index contributed by atoms with van der Waals surface area (Å²) in [5, 5.41) is 4.01. The number of nitrogens with one attached hydrogen (secondary N) is 1. The van der Waals surface area contributed by atoms with E-state index in [1.807, 2.05) is 4.90 Å². The number of hydrogen-bond acceptors (Lipinski definition) is 6. The Kier molecular flexibility index (Phi) is 6.26. The molecule has 0 aromatic heterocycles. The van der Waals surface area contributed by atoms with Crippen molar-refractivity contribution in [3.8, 4) is 0 Å².